The molecule has 0 saturated carbocycles. The first-order valence-electron chi connectivity index (χ1n) is 8.76. The van der Waals surface area contributed by atoms with Crippen LogP contribution in [0.1, 0.15) is 5.56 Å². The fraction of sp³-hybridized carbons (Fsp3) is 0.0435. The summed E-state index contributed by atoms with van der Waals surface area (Å²) in [5, 5.41) is 8.71. The van der Waals surface area contributed by atoms with E-state index < -0.39 is 0 Å². The molecule has 4 nitrogen and oxygen atoms in total. The lowest BCUT2D eigenvalue weighted by atomic mass is 10.1. The maximum atomic E-state index is 4.73. The van der Waals surface area contributed by atoms with Gasteiger partial charge in [0.2, 0.25) is 0 Å². The van der Waals surface area contributed by atoms with Crippen molar-refractivity contribution < 1.29 is 0 Å². The quantitative estimate of drug-likeness (QED) is 0.393. The van der Waals surface area contributed by atoms with Crippen LogP contribution in [-0.4, -0.2) is 9.97 Å². The second-order valence-corrected chi connectivity index (χ2v) is 6.21. The molecule has 0 unspecified atom stereocenters. The average molecular weight is 350 g/mol. The molecule has 4 aromatic rings. The molecule has 3 aromatic carbocycles. The van der Waals surface area contributed by atoms with Gasteiger partial charge in [-0.2, -0.15) is 0 Å². The SMILES string of the molecule is Cc1cccc(N=Nc2cc(-c3ccccc3)nc(-c3ccccc3)n2)c1. The third-order valence-corrected chi connectivity index (χ3v) is 4.08. The van der Waals surface area contributed by atoms with Gasteiger partial charge in [0.15, 0.2) is 11.6 Å². The zero-order chi connectivity index (χ0) is 18.5. The lowest BCUT2D eigenvalue weighted by Crippen LogP contribution is -1.92. The third kappa shape index (κ3) is 4.12. The molecule has 1 aromatic heterocycles. The highest BCUT2D eigenvalue weighted by molar-refractivity contribution is 5.66. The van der Waals surface area contributed by atoms with Gasteiger partial charge in [-0.1, -0.05) is 72.8 Å². The summed E-state index contributed by atoms with van der Waals surface area (Å²) in [7, 11) is 0. The second-order valence-electron chi connectivity index (χ2n) is 6.21. The van der Waals surface area contributed by atoms with E-state index in [0.717, 1.165) is 28.1 Å². The van der Waals surface area contributed by atoms with E-state index in [0.29, 0.717) is 11.6 Å². The summed E-state index contributed by atoms with van der Waals surface area (Å²) < 4.78 is 0. The van der Waals surface area contributed by atoms with Crippen molar-refractivity contribution in [1.29, 1.82) is 0 Å². The van der Waals surface area contributed by atoms with Gasteiger partial charge >= 0.3 is 0 Å². The molecule has 1 heterocycles. The van der Waals surface area contributed by atoms with Crippen LogP contribution < -0.4 is 0 Å². The Bertz CT molecular complexity index is 1020. The average Bonchev–Trinajstić information content (AvgIpc) is 2.73. The van der Waals surface area contributed by atoms with E-state index in [9.17, 15) is 0 Å². The van der Waals surface area contributed by atoms with Gasteiger partial charge in [-0.3, -0.25) is 0 Å². The van der Waals surface area contributed by atoms with Crippen LogP contribution in [0.15, 0.2) is 101 Å². The molecule has 130 valence electrons. The number of rotatable bonds is 4. The molecule has 0 aliphatic rings. The summed E-state index contributed by atoms with van der Waals surface area (Å²) >= 11 is 0. The number of hydrogen-bond acceptors (Lipinski definition) is 4. The fourth-order valence-corrected chi connectivity index (χ4v) is 2.76. The summed E-state index contributed by atoms with van der Waals surface area (Å²) in [6.45, 7) is 2.03. The van der Waals surface area contributed by atoms with E-state index in [1.54, 1.807) is 0 Å². The Labute approximate surface area is 158 Å². The summed E-state index contributed by atoms with van der Waals surface area (Å²) in [6.07, 6.45) is 0. The highest BCUT2D eigenvalue weighted by Crippen LogP contribution is 2.26. The Morgan fingerprint density at radius 1 is 0.630 bits per heavy atom. The van der Waals surface area contributed by atoms with Crippen LogP contribution in [-0.2, 0) is 0 Å². The molecule has 0 saturated heterocycles. The number of aromatic nitrogens is 2. The zero-order valence-electron chi connectivity index (χ0n) is 14.9. The Kier molecular flexibility index (Phi) is 4.79. The van der Waals surface area contributed by atoms with E-state index in [4.69, 9.17) is 4.98 Å². The van der Waals surface area contributed by atoms with Gasteiger partial charge in [0, 0.05) is 17.2 Å². The zero-order valence-corrected chi connectivity index (χ0v) is 14.9. The van der Waals surface area contributed by atoms with Gasteiger partial charge in [0.25, 0.3) is 0 Å². The largest absolute Gasteiger partial charge is 0.228 e. The van der Waals surface area contributed by atoms with Gasteiger partial charge in [-0.05, 0) is 24.6 Å². The highest BCUT2D eigenvalue weighted by Gasteiger charge is 2.08. The molecular weight excluding hydrogens is 332 g/mol. The van der Waals surface area contributed by atoms with Crippen LogP contribution in [0.3, 0.4) is 0 Å². The normalized spacial score (nSPS) is 11.0. The van der Waals surface area contributed by atoms with Gasteiger partial charge in [0.1, 0.15) is 0 Å². The van der Waals surface area contributed by atoms with Crippen molar-refractivity contribution in [1.82, 2.24) is 9.97 Å². The standard InChI is InChI=1S/C23H18N4/c1-17-9-8-14-20(15-17)26-27-22-16-21(18-10-4-2-5-11-18)24-23(25-22)19-12-6-3-7-13-19/h2-16H,1H3. The van der Waals surface area contributed by atoms with Crippen LogP contribution in [0.2, 0.25) is 0 Å². The predicted octanol–water partition coefficient (Wildman–Crippen LogP) is 6.53. The van der Waals surface area contributed by atoms with Gasteiger partial charge in [-0.25, -0.2) is 9.97 Å². The molecule has 0 bridgehead atoms. The first-order valence-corrected chi connectivity index (χ1v) is 8.76. The summed E-state index contributed by atoms with van der Waals surface area (Å²) in [5.41, 5.74) is 4.73. The molecule has 0 radical (unpaired) electrons. The lowest BCUT2D eigenvalue weighted by Gasteiger charge is -2.06. The molecule has 0 aliphatic carbocycles. The molecule has 0 N–H and O–H groups in total. The van der Waals surface area contributed by atoms with Gasteiger partial charge in [-0.15, -0.1) is 10.2 Å². The Balaban J connectivity index is 1.78. The van der Waals surface area contributed by atoms with Crippen molar-refractivity contribution in [2.45, 2.75) is 6.92 Å². The fourth-order valence-electron chi connectivity index (χ4n) is 2.76. The summed E-state index contributed by atoms with van der Waals surface area (Å²) in [6, 6.07) is 29.7. The second kappa shape index (κ2) is 7.70. The van der Waals surface area contributed by atoms with Gasteiger partial charge < -0.3 is 0 Å². The first kappa shape index (κ1) is 16.8. The maximum Gasteiger partial charge on any atom is 0.178 e. The predicted molar refractivity (Wildman–Crippen MR) is 108 cm³/mol. The van der Waals surface area contributed by atoms with Crippen molar-refractivity contribution in [3.05, 3.63) is 96.6 Å². The van der Waals surface area contributed by atoms with Crippen molar-refractivity contribution in [2.24, 2.45) is 10.2 Å². The highest BCUT2D eigenvalue weighted by atomic mass is 15.2. The van der Waals surface area contributed by atoms with Crippen LogP contribution in [0.5, 0.6) is 0 Å². The van der Waals surface area contributed by atoms with E-state index in [1.165, 1.54) is 0 Å². The van der Waals surface area contributed by atoms with Crippen LogP contribution in [0, 0.1) is 6.92 Å². The van der Waals surface area contributed by atoms with Crippen LogP contribution >= 0.6 is 0 Å². The minimum absolute atomic E-state index is 0.532. The smallest absolute Gasteiger partial charge is 0.178 e. The lowest BCUT2D eigenvalue weighted by molar-refractivity contribution is 1.11. The number of hydrogen-bond donors (Lipinski definition) is 0. The molecule has 0 fully saturated rings. The minimum atomic E-state index is 0.532. The Morgan fingerprint density at radius 2 is 1.33 bits per heavy atom. The van der Waals surface area contributed by atoms with Crippen LogP contribution in [0.25, 0.3) is 22.6 Å². The minimum Gasteiger partial charge on any atom is -0.228 e. The molecule has 4 heteroatoms. The molecule has 0 aliphatic heterocycles. The number of aryl methyl sites for hydroxylation is 1. The van der Waals surface area contributed by atoms with Gasteiger partial charge in [0.05, 0.1) is 11.4 Å². The number of azo groups is 1. The molecule has 0 atom stereocenters. The third-order valence-electron chi connectivity index (χ3n) is 4.08. The van der Waals surface area contributed by atoms with E-state index in [1.807, 2.05) is 97.9 Å². The Morgan fingerprint density at radius 3 is 2.04 bits per heavy atom. The molecule has 27 heavy (non-hydrogen) atoms. The molecule has 0 amide bonds. The summed E-state index contributed by atoms with van der Waals surface area (Å²) in [4.78, 5) is 9.33. The van der Waals surface area contributed by atoms with Crippen LogP contribution in [0.4, 0.5) is 11.5 Å². The van der Waals surface area contributed by atoms with Crippen molar-refractivity contribution in [3.8, 4) is 22.6 Å². The topological polar surface area (TPSA) is 50.5 Å². The van der Waals surface area contributed by atoms with Crippen molar-refractivity contribution >= 4 is 11.5 Å². The van der Waals surface area contributed by atoms with Crippen molar-refractivity contribution in [2.75, 3.05) is 0 Å². The molecule has 4 rings (SSSR count). The molecule has 0 spiro atoms. The van der Waals surface area contributed by atoms with E-state index in [2.05, 4.69) is 15.2 Å². The number of benzene rings is 3. The monoisotopic (exact) mass is 350 g/mol. The summed E-state index contributed by atoms with van der Waals surface area (Å²) in [5.74, 6) is 1.17. The van der Waals surface area contributed by atoms with Crippen molar-refractivity contribution in [3.63, 3.8) is 0 Å². The Hall–Kier alpha value is -3.66. The first-order chi connectivity index (χ1) is 13.3. The molecular formula is C23H18N4. The number of nitrogens with zero attached hydrogens (tertiary/aromatic N) is 4. The van der Waals surface area contributed by atoms with E-state index >= 15 is 0 Å². The van der Waals surface area contributed by atoms with E-state index in [-0.39, 0.29) is 0 Å². The maximum absolute atomic E-state index is 4.73.